The first-order valence-electron chi connectivity index (χ1n) is 6.23. The number of carbonyl (C=O) groups is 1. The van der Waals surface area contributed by atoms with Crippen LogP contribution in [0.3, 0.4) is 0 Å². The van der Waals surface area contributed by atoms with E-state index in [1.165, 1.54) is 12.8 Å². The summed E-state index contributed by atoms with van der Waals surface area (Å²) in [5.41, 5.74) is 6.03. The van der Waals surface area contributed by atoms with E-state index in [0.717, 1.165) is 32.4 Å². The molecule has 15 heavy (non-hydrogen) atoms. The molecule has 2 fully saturated rings. The first kappa shape index (κ1) is 10.9. The minimum Gasteiger partial charge on any atom is -0.342 e. The van der Waals surface area contributed by atoms with Gasteiger partial charge in [-0.15, -0.1) is 0 Å². The second-order valence-corrected chi connectivity index (χ2v) is 5.23. The highest BCUT2D eigenvalue weighted by atomic mass is 16.2. The number of nitrogens with two attached hydrogens (primary N) is 1. The highest BCUT2D eigenvalue weighted by Crippen LogP contribution is 2.27. The SMILES string of the molecule is CC1CCN(C(=O)C2CCCCC2N)C1. The zero-order chi connectivity index (χ0) is 10.8. The number of hydrogen-bond donors (Lipinski definition) is 1. The molecule has 1 saturated carbocycles. The van der Waals surface area contributed by atoms with E-state index in [1.807, 2.05) is 4.90 Å². The number of nitrogens with zero attached hydrogens (tertiary/aromatic N) is 1. The molecule has 1 aliphatic heterocycles. The average molecular weight is 210 g/mol. The molecule has 2 rings (SSSR count). The summed E-state index contributed by atoms with van der Waals surface area (Å²) in [4.78, 5) is 14.2. The summed E-state index contributed by atoms with van der Waals surface area (Å²) in [6.45, 7) is 4.11. The van der Waals surface area contributed by atoms with Crippen molar-refractivity contribution in [2.45, 2.75) is 45.1 Å². The molecule has 1 heterocycles. The normalized spacial score (nSPS) is 36.9. The van der Waals surface area contributed by atoms with E-state index in [2.05, 4.69) is 6.92 Å². The smallest absolute Gasteiger partial charge is 0.227 e. The summed E-state index contributed by atoms with van der Waals surface area (Å²) in [5.74, 6) is 1.12. The molecule has 2 N–H and O–H groups in total. The third-order valence-electron chi connectivity index (χ3n) is 3.87. The van der Waals surface area contributed by atoms with Crippen LogP contribution in [0, 0.1) is 11.8 Å². The summed E-state index contributed by atoms with van der Waals surface area (Å²) >= 11 is 0. The molecule has 0 bridgehead atoms. The Kier molecular flexibility index (Phi) is 3.29. The van der Waals surface area contributed by atoms with Crippen LogP contribution in [0.15, 0.2) is 0 Å². The molecule has 86 valence electrons. The Labute approximate surface area is 92.0 Å². The highest BCUT2D eigenvalue weighted by molar-refractivity contribution is 5.80. The lowest BCUT2D eigenvalue weighted by molar-refractivity contribution is -0.136. The molecule has 0 spiro atoms. The molecule has 0 aromatic heterocycles. The predicted octanol–water partition coefficient (Wildman–Crippen LogP) is 1.37. The summed E-state index contributed by atoms with van der Waals surface area (Å²) in [6.07, 6.45) is 5.56. The molecule has 0 aromatic carbocycles. The molecule has 1 aliphatic carbocycles. The van der Waals surface area contributed by atoms with Crippen molar-refractivity contribution < 1.29 is 4.79 Å². The molecule has 3 atom stereocenters. The average Bonchev–Trinajstić information content (AvgIpc) is 2.65. The van der Waals surface area contributed by atoms with Crippen LogP contribution in [-0.4, -0.2) is 29.9 Å². The van der Waals surface area contributed by atoms with Crippen molar-refractivity contribution in [1.29, 1.82) is 0 Å². The van der Waals surface area contributed by atoms with E-state index in [1.54, 1.807) is 0 Å². The third kappa shape index (κ3) is 2.33. The summed E-state index contributed by atoms with van der Waals surface area (Å²) in [5, 5.41) is 0. The van der Waals surface area contributed by atoms with Crippen LogP contribution in [0.5, 0.6) is 0 Å². The number of likely N-dealkylation sites (tertiary alicyclic amines) is 1. The van der Waals surface area contributed by atoms with Crippen molar-refractivity contribution in [3.05, 3.63) is 0 Å². The van der Waals surface area contributed by atoms with Crippen LogP contribution < -0.4 is 5.73 Å². The lowest BCUT2D eigenvalue weighted by Gasteiger charge is -2.31. The predicted molar refractivity (Wildman–Crippen MR) is 60.3 cm³/mol. The van der Waals surface area contributed by atoms with Gasteiger partial charge in [0.15, 0.2) is 0 Å². The lowest BCUT2D eigenvalue weighted by Crippen LogP contribution is -2.44. The van der Waals surface area contributed by atoms with Gasteiger partial charge in [-0.05, 0) is 25.2 Å². The van der Waals surface area contributed by atoms with Crippen molar-refractivity contribution in [2.75, 3.05) is 13.1 Å². The zero-order valence-electron chi connectivity index (χ0n) is 9.61. The van der Waals surface area contributed by atoms with E-state index < -0.39 is 0 Å². The van der Waals surface area contributed by atoms with E-state index in [-0.39, 0.29) is 12.0 Å². The fraction of sp³-hybridized carbons (Fsp3) is 0.917. The molecule has 0 aromatic rings. The molecule has 1 saturated heterocycles. The molecule has 0 radical (unpaired) electrons. The van der Waals surface area contributed by atoms with E-state index in [0.29, 0.717) is 11.8 Å². The fourth-order valence-corrected chi connectivity index (χ4v) is 2.84. The summed E-state index contributed by atoms with van der Waals surface area (Å²) < 4.78 is 0. The van der Waals surface area contributed by atoms with E-state index in [9.17, 15) is 4.79 Å². The summed E-state index contributed by atoms with van der Waals surface area (Å²) in [6, 6.07) is 0.113. The minimum absolute atomic E-state index is 0.113. The first-order chi connectivity index (χ1) is 7.18. The van der Waals surface area contributed by atoms with Gasteiger partial charge in [-0.2, -0.15) is 0 Å². The molecular formula is C12H22N2O. The van der Waals surface area contributed by atoms with Crippen molar-refractivity contribution in [2.24, 2.45) is 17.6 Å². The Morgan fingerprint density at radius 3 is 2.60 bits per heavy atom. The maximum absolute atomic E-state index is 12.2. The maximum Gasteiger partial charge on any atom is 0.227 e. The first-order valence-corrected chi connectivity index (χ1v) is 6.23. The Morgan fingerprint density at radius 1 is 1.27 bits per heavy atom. The van der Waals surface area contributed by atoms with Crippen molar-refractivity contribution in [1.82, 2.24) is 4.90 Å². The number of rotatable bonds is 1. The quantitative estimate of drug-likeness (QED) is 0.710. The van der Waals surface area contributed by atoms with Gasteiger partial charge in [0.05, 0.1) is 5.92 Å². The van der Waals surface area contributed by atoms with Crippen molar-refractivity contribution in [3.8, 4) is 0 Å². The number of carbonyl (C=O) groups excluding carboxylic acids is 1. The monoisotopic (exact) mass is 210 g/mol. The third-order valence-corrected chi connectivity index (χ3v) is 3.87. The Hall–Kier alpha value is -0.570. The van der Waals surface area contributed by atoms with Gasteiger partial charge in [-0.25, -0.2) is 0 Å². The number of amides is 1. The fourth-order valence-electron chi connectivity index (χ4n) is 2.84. The van der Waals surface area contributed by atoms with Crippen LogP contribution >= 0.6 is 0 Å². The van der Waals surface area contributed by atoms with Gasteiger partial charge in [0, 0.05) is 19.1 Å². The maximum atomic E-state index is 12.2. The molecule has 1 amide bonds. The highest BCUT2D eigenvalue weighted by Gasteiger charge is 2.33. The van der Waals surface area contributed by atoms with E-state index >= 15 is 0 Å². The molecule has 3 heteroatoms. The van der Waals surface area contributed by atoms with Gasteiger partial charge < -0.3 is 10.6 Å². The standard InChI is InChI=1S/C12H22N2O/c1-9-6-7-14(8-9)12(15)10-4-2-3-5-11(10)13/h9-11H,2-8,13H2,1H3. The lowest BCUT2D eigenvalue weighted by atomic mass is 9.84. The van der Waals surface area contributed by atoms with Crippen LogP contribution in [0.1, 0.15) is 39.0 Å². The topological polar surface area (TPSA) is 46.3 Å². The van der Waals surface area contributed by atoms with Crippen LogP contribution in [0.4, 0.5) is 0 Å². The largest absolute Gasteiger partial charge is 0.342 e. The Balaban J connectivity index is 1.94. The second kappa shape index (κ2) is 4.52. The summed E-state index contributed by atoms with van der Waals surface area (Å²) in [7, 11) is 0. The van der Waals surface area contributed by atoms with Gasteiger partial charge in [-0.3, -0.25) is 4.79 Å². The van der Waals surface area contributed by atoms with Gasteiger partial charge in [0.2, 0.25) is 5.91 Å². The Morgan fingerprint density at radius 2 is 2.00 bits per heavy atom. The van der Waals surface area contributed by atoms with Crippen LogP contribution in [0.2, 0.25) is 0 Å². The molecule has 3 unspecified atom stereocenters. The molecule has 2 aliphatic rings. The van der Waals surface area contributed by atoms with Crippen molar-refractivity contribution in [3.63, 3.8) is 0 Å². The Bertz CT molecular complexity index is 242. The van der Waals surface area contributed by atoms with Crippen LogP contribution in [0.25, 0.3) is 0 Å². The van der Waals surface area contributed by atoms with Crippen molar-refractivity contribution >= 4 is 5.91 Å². The zero-order valence-corrected chi connectivity index (χ0v) is 9.61. The second-order valence-electron chi connectivity index (χ2n) is 5.23. The van der Waals surface area contributed by atoms with E-state index in [4.69, 9.17) is 5.73 Å². The van der Waals surface area contributed by atoms with Gasteiger partial charge in [0.25, 0.3) is 0 Å². The van der Waals surface area contributed by atoms with Gasteiger partial charge >= 0.3 is 0 Å². The van der Waals surface area contributed by atoms with Crippen LogP contribution in [-0.2, 0) is 4.79 Å². The molecule has 3 nitrogen and oxygen atoms in total. The van der Waals surface area contributed by atoms with Gasteiger partial charge in [0.1, 0.15) is 0 Å². The van der Waals surface area contributed by atoms with Gasteiger partial charge in [-0.1, -0.05) is 19.8 Å². The molecular weight excluding hydrogens is 188 g/mol. The number of hydrogen-bond acceptors (Lipinski definition) is 2. The minimum atomic E-state index is 0.113.